The van der Waals surface area contributed by atoms with Gasteiger partial charge in [-0.05, 0) is 67.1 Å². The summed E-state index contributed by atoms with van der Waals surface area (Å²) in [6, 6.07) is 12.5. The fourth-order valence-corrected chi connectivity index (χ4v) is 5.26. The first-order chi connectivity index (χ1) is 18.8. The minimum atomic E-state index is -0.900. The fraction of sp³-hybridized carbons (Fsp3) is 0.375. The molecule has 1 unspecified atom stereocenters. The monoisotopic (exact) mass is 529 g/mol. The summed E-state index contributed by atoms with van der Waals surface area (Å²) in [4.78, 5) is 15.7. The van der Waals surface area contributed by atoms with Gasteiger partial charge in [-0.3, -0.25) is 4.79 Å². The lowest BCUT2D eigenvalue weighted by Gasteiger charge is -2.37. The molecule has 0 radical (unpaired) electrons. The number of benzene rings is 2. The number of carboxylic acid groups (broad SMARTS) is 1. The third kappa shape index (κ3) is 5.76. The summed E-state index contributed by atoms with van der Waals surface area (Å²) < 4.78 is 32.6. The molecule has 2 heterocycles. The quantitative estimate of drug-likeness (QED) is 0.330. The number of carboxylic acids is 1. The number of halogens is 1. The normalized spacial score (nSPS) is 17.8. The Morgan fingerprint density at radius 1 is 1.23 bits per heavy atom. The highest BCUT2D eigenvalue weighted by Gasteiger charge is 2.34. The predicted octanol–water partition coefficient (Wildman–Crippen LogP) is 6.26. The number of rotatable bonds is 9. The van der Waals surface area contributed by atoms with E-state index in [1.807, 2.05) is 31.2 Å². The van der Waals surface area contributed by atoms with Crippen LogP contribution >= 0.6 is 0 Å². The molecule has 0 amide bonds. The Balaban J connectivity index is 1.34. The van der Waals surface area contributed by atoms with Crippen molar-refractivity contribution in [3.05, 3.63) is 76.7 Å². The zero-order valence-electron chi connectivity index (χ0n) is 22.4. The van der Waals surface area contributed by atoms with Crippen LogP contribution in [0.15, 0.2) is 48.7 Å². The standard InChI is InChI=1S/C32H32FNO5/c1-4-5-22(15-30(35)36)21-6-8-23(9-7-21)39-28-13-11-25-24(10-12-27(33)31(25)28)26-16-34-29(14-20(26)2)38-19-32(3)17-37-18-32/h6-10,12,14,16,22,28H,11,13,15,17-19H2,1-3H3,(H,35,36)/t22?,28-/m1/s1. The van der Waals surface area contributed by atoms with E-state index in [2.05, 4.69) is 23.7 Å². The molecule has 5 rings (SSSR count). The van der Waals surface area contributed by atoms with Gasteiger partial charge in [0.05, 0.1) is 32.2 Å². The second-order valence-corrected chi connectivity index (χ2v) is 10.7. The number of ether oxygens (including phenoxy) is 3. The molecule has 1 aliphatic carbocycles. The zero-order chi connectivity index (χ0) is 27.6. The molecule has 2 aromatic carbocycles. The predicted molar refractivity (Wildman–Crippen MR) is 145 cm³/mol. The molecule has 0 spiro atoms. The maximum absolute atomic E-state index is 15.1. The Hall–Kier alpha value is -3.89. The molecule has 1 aliphatic heterocycles. The number of hydrogen-bond acceptors (Lipinski definition) is 5. The summed E-state index contributed by atoms with van der Waals surface area (Å²) in [7, 11) is 0. The van der Waals surface area contributed by atoms with Crippen LogP contribution in [0.2, 0.25) is 0 Å². The lowest BCUT2D eigenvalue weighted by Crippen LogP contribution is -2.44. The maximum Gasteiger partial charge on any atom is 0.304 e. The van der Waals surface area contributed by atoms with E-state index in [1.54, 1.807) is 25.3 Å². The van der Waals surface area contributed by atoms with E-state index in [4.69, 9.17) is 14.2 Å². The van der Waals surface area contributed by atoms with Crippen molar-refractivity contribution in [1.82, 2.24) is 4.98 Å². The molecule has 1 fully saturated rings. The highest BCUT2D eigenvalue weighted by molar-refractivity contribution is 5.72. The van der Waals surface area contributed by atoms with Crippen molar-refractivity contribution < 1.29 is 28.5 Å². The average Bonchev–Trinajstić information content (AvgIpc) is 3.31. The summed E-state index contributed by atoms with van der Waals surface area (Å²) in [5, 5.41) is 9.19. The van der Waals surface area contributed by atoms with Crippen LogP contribution in [0.3, 0.4) is 0 Å². The summed E-state index contributed by atoms with van der Waals surface area (Å²) in [5.41, 5.74) is 5.27. The number of aryl methyl sites for hydroxylation is 1. The van der Waals surface area contributed by atoms with Gasteiger partial charge in [0.1, 0.15) is 17.7 Å². The van der Waals surface area contributed by atoms with Crippen LogP contribution in [0.1, 0.15) is 61.0 Å². The minimum Gasteiger partial charge on any atom is -0.486 e. The molecule has 7 heteroatoms. The molecule has 1 N–H and O–H groups in total. The first kappa shape index (κ1) is 26.7. The first-order valence-electron chi connectivity index (χ1n) is 13.2. The number of hydrogen-bond donors (Lipinski definition) is 1. The van der Waals surface area contributed by atoms with Crippen molar-refractivity contribution in [3.63, 3.8) is 0 Å². The van der Waals surface area contributed by atoms with Crippen LogP contribution < -0.4 is 9.47 Å². The van der Waals surface area contributed by atoms with E-state index in [-0.39, 0.29) is 17.7 Å². The van der Waals surface area contributed by atoms with Crippen molar-refractivity contribution >= 4 is 5.97 Å². The first-order valence-corrected chi connectivity index (χ1v) is 13.2. The maximum atomic E-state index is 15.1. The number of fused-ring (bicyclic) bond motifs is 1. The molecule has 1 saturated heterocycles. The van der Waals surface area contributed by atoms with E-state index in [1.165, 1.54) is 6.07 Å². The summed E-state index contributed by atoms with van der Waals surface area (Å²) in [6.07, 6.45) is 2.66. The average molecular weight is 530 g/mol. The Labute approximate surface area is 228 Å². The van der Waals surface area contributed by atoms with Crippen molar-refractivity contribution in [1.29, 1.82) is 0 Å². The van der Waals surface area contributed by atoms with Crippen LogP contribution in [0, 0.1) is 30.0 Å². The van der Waals surface area contributed by atoms with Gasteiger partial charge in [-0.1, -0.05) is 31.0 Å². The highest BCUT2D eigenvalue weighted by Crippen LogP contribution is 2.42. The van der Waals surface area contributed by atoms with E-state index in [9.17, 15) is 9.90 Å². The highest BCUT2D eigenvalue weighted by atomic mass is 19.1. The number of aromatic nitrogens is 1. The van der Waals surface area contributed by atoms with Gasteiger partial charge in [0, 0.05) is 28.8 Å². The molecular formula is C32H32FNO5. The van der Waals surface area contributed by atoms with Gasteiger partial charge in [-0.25, -0.2) is 9.37 Å². The second-order valence-electron chi connectivity index (χ2n) is 10.7. The van der Waals surface area contributed by atoms with Gasteiger partial charge in [-0.2, -0.15) is 0 Å². The van der Waals surface area contributed by atoms with Crippen LogP contribution in [0.4, 0.5) is 4.39 Å². The lowest BCUT2D eigenvalue weighted by atomic mass is 9.90. The molecular weight excluding hydrogens is 497 g/mol. The molecule has 2 aliphatic rings. The number of aliphatic carboxylic acids is 1. The van der Waals surface area contributed by atoms with E-state index < -0.39 is 18.0 Å². The second kappa shape index (κ2) is 11.1. The molecule has 6 nitrogen and oxygen atoms in total. The van der Waals surface area contributed by atoms with Crippen molar-refractivity contribution in [3.8, 4) is 34.6 Å². The molecule has 0 bridgehead atoms. The van der Waals surface area contributed by atoms with Gasteiger partial charge in [0.25, 0.3) is 0 Å². The van der Waals surface area contributed by atoms with Crippen LogP contribution in [0.25, 0.3) is 11.1 Å². The van der Waals surface area contributed by atoms with Crippen LogP contribution in [-0.2, 0) is 16.0 Å². The van der Waals surface area contributed by atoms with Gasteiger partial charge < -0.3 is 19.3 Å². The van der Waals surface area contributed by atoms with Gasteiger partial charge >= 0.3 is 5.97 Å². The van der Waals surface area contributed by atoms with Crippen LogP contribution in [-0.4, -0.2) is 35.9 Å². The van der Waals surface area contributed by atoms with E-state index in [0.29, 0.717) is 49.9 Å². The van der Waals surface area contributed by atoms with Crippen molar-refractivity contribution in [2.24, 2.45) is 5.41 Å². The Morgan fingerprint density at radius 3 is 2.64 bits per heavy atom. The Kier molecular flexibility index (Phi) is 7.58. The lowest BCUT2D eigenvalue weighted by molar-refractivity contribution is -0.137. The molecule has 0 saturated carbocycles. The molecule has 1 aromatic heterocycles. The minimum absolute atomic E-state index is 0.0329. The largest absolute Gasteiger partial charge is 0.486 e. The molecule has 202 valence electrons. The summed E-state index contributed by atoms with van der Waals surface area (Å²) in [6.45, 7) is 7.77. The van der Waals surface area contributed by atoms with E-state index >= 15 is 4.39 Å². The molecule has 39 heavy (non-hydrogen) atoms. The number of nitrogens with zero attached hydrogens (tertiary/aromatic N) is 1. The van der Waals surface area contributed by atoms with E-state index in [0.717, 1.165) is 27.8 Å². The smallest absolute Gasteiger partial charge is 0.304 e. The Morgan fingerprint density at radius 2 is 2.00 bits per heavy atom. The summed E-state index contributed by atoms with van der Waals surface area (Å²) in [5.74, 6) is 5.35. The van der Waals surface area contributed by atoms with Gasteiger partial charge in [0.15, 0.2) is 0 Å². The SMILES string of the molecule is CC#CC(CC(=O)O)c1ccc(O[C@@H]2CCc3c(-c4cnc(OCC5(C)COC5)cc4C)ccc(F)c32)cc1. The van der Waals surface area contributed by atoms with Crippen molar-refractivity contribution in [2.45, 2.75) is 52.1 Å². The number of pyridine rings is 1. The third-order valence-electron chi connectivity index (χ3n) is 7.39. The van der Waals surface area contributed by atoms with Crippen molar-refractivity contribution in [2.75, 3.05) is 19.8 Å². The molecule has 3 aromatic rings. The Bertz CT molecular complexity index is 1440. The van der Waals surface area contributed by atoms with Gasteiger partial charge in [0.2, 0.25) is 5.88 Å². The molecule has 2 atom stereocenters. The zero-order valence-corrected chi connectivity index (χ0v) is 22.4. The number of carbonyl (C=O) groups is 1. The van der Waals surface area contributed by atoms with Gasteiger partial charge in [-0.15, -0.1) is 5.92 Å². The fourth-order valence-electron chi connectivity index (χ4n) is 5.26. The van der Waals surface area contributed by atoms with Crippen LogP contribution in [0.5, 0.6) is 11.6 Å². The topological polar surface area (TPSA) is 77.9 Å². The third-order valence-corrected chi connectivity index (χ3v) is 7.39. The summed E-state index contributed by atoms with van der Waals surface area (Å²) >= 11 is 0.